The third kappa shape index (κ3) is 3.78. The number of hydrogen-bond acceptors (Lipinski definition) is 5. The Labute approximate surface area is 181 Å². The van der Waals surface area contributed by atoms with E-state index in [1.54, 1.807) is 24.3 Å². The summed E-state index contributed by atoms with van der Waals surface area (Å²) < 4.78 is 27.6. The summed E-state index contributed by atoms with van der Waals surface area (Å²) in [5, 5.41) is 13.1. The molecule has 1 aromatic heterocycles. The van der Waals surface area contributed by atoms with Gasteiger partial charge in [-0.05, 0) is 62.6 Å². The number of benzene rings is 1. The molecule has 2 aliphatic rings. The van der Waals surface area contributed by atoms with Gasteiger partial charge in [0.05, 0.1) is 10.5 Å². The first-order valence-electron chi connectivity index (χ1n) is 10.2. The van der Waals surface area contributed by atoms with Gasteiger partial charge in [-0.2, -0.15) is 9.57 Å². The largest absolute Gasteiger partial charge is 0.315 e. The van der Waals surface area contributed by atoms with Crippen LogP contribution in [0.3, 0.4) is 0 Å². The summed E-state index contributed by atoms with van der Waals surface area (Å²) in [6.07, 6.45) is 3.91. The molecular formula is C22H25N3O3S2. The quantitative estimate of drug-likeness (QED) is 0.777. The van der Waals surface area contributed by atoms with Crippen molar-refractivity contribution >= 4 is 32.3 Å². The van der Waals surface area contributed by atoms with E-state index in [2.05, 4.69) is 18.3 Å². The third-order valence-electron chi connectivity index (χ3n) is 5.99. The van der Waals surface area contributed by atoms with Gasteiger partial charge in [0, 0.05) is 11.4 Å². The molecule has 158 valence electrons. The van der Waals surface area contributed by atoms with Gasteiger partial charge in [-0.25, -0.2) is 8.42 Å². The number of nitriles is 1. The molecule has 1 aromatic carbocycles. The monoisotopic (exact) mass is 443 g/mol. The lowest BCUT2D eigenvalue weighted by Gasteiger charge is -2.23. The van der Waals surface area contributed by atoms with Crippen molar-refractivity contribution < 1.29 is 13.2 Å². The Morgan fingerprint density at radius 1 is 1.27 bits per heavy atom. The van der Waals surface area contributed by atoms with Crippen molar-refractivity contribution in [1.29, 1.82) is 5.26 Å². The number of nitrogens with zero attached hydrogens (tertiary/aromatic N) is 2. The number of hydrogen-bond donors (Lipinski definition) is 1. The van der Waals surface area contributed by atoms with Crippen LogP contribution < -0.4 is 5.32 Å². The van der Waals surface area contributed by atoms with Gasteiger partial charge in [0.25, 0.3) is 0 Å². The molecule has 1 aliphatic carbocycles. The van der Waals surface area contributed by atoms with Crippen LogP contribution in [0.4, 0.5) is 5.00 Å². The van der Waals surface area contributed by atoms with E-state index in [1.807, 2.05) is 6.92 Å². The molecular weight excluding hydrogens is 418 g/mol. The molecule has 1 saturated heterocycles. The van der Waals surface area contributed by atoms with Crippen molar-refractivity contribution in [2.75, 3.05) is 11.9 Å². The Balaban J connectivity index is 1.58. The lowest BCUT2D eigenvalue weighted by atomic mass is 9.88. The summed E-state index contributed by atoms with van der Waals surface area (Å²) in [6.45, 7) is 4.41. The SMILES string of the molecule is Cc1ccc(S(=O)(=O)N2CCC[C@@H]2C(=O)Nc2sc3c(c2C#N)CC[C@H](C)C3)cc1. The highest BCUT2D eigenvalue weighted by molar-refractivity contribution is 7.89. The van der Waals surface area contributed by atoms with E-state index in [1.165, 1.54) is 15.6 Å². The first-order chi connectivity index (χ1) is 14.3. The lowest BCUT2D eigenvalue weighted by Crippen LogP contribution is -2.43. The Morgan fingerprint density at radius 2 is 2.00 bits per heavy atom. The summed E-state index contributed by atoms with van der Waals surface area (Å²) in [5.41, 5.74) is 2.57. The molecule has 1 aliphatic heterocycles. The number of fused-ring (bicyclic) bond motifs is 1. The Hall–Kier alpha value is -2.21. The number of rotatable bonds is 4. The van der Waals surface area contributed by atoms with E-state index in [0.717, 1.165) is 35.3 Å². The minimum Gasteiger partial charge on any atom is -0.315 e. The number of anilines is 1. The molecule has 4 rings (SSSR count). The van der Waals surface area contributed by atoms with Gasteiger partial charge in [-0.3, -0.25) is 4.79 Å². The minimum absolute atomic E-state index is 0.200. The average molecular weight is 444 g/mol. The Bertz CT molecular complexity index is 1110. The normalized spacial score (nSPS) is 21.8. The van der Waals surface area contributed by atoms with E-state index in [-0.39, 0.29) is 10.8 Å². The first kappa shape index (κ1) is 21.0. The smallest absolute Gasteiger partial charge is 0.243 e. The van der Waals surface area contributed by atoms with Crippen molar-refractivity contribution in [3.05, 3.63) is 45.8 Å². The van der Waals surface area contributed by atoms with Gasteiger partial charge in [-0.1, -0.05) is 24.6 Å². The maximum absolute atomic E-state index is 13.1. The maximum atomic E-state index is 13.1. The topological polar surface area (TPSA) is 90.3 Å². The molecule has 0 radical (unpaired) electrons. The Morgan fingerprint density at radius 3 is 2.70 bits per heavy atom. The molecule has 2 aromatic rings. The second-order valence-corrected chi connectivity index (χ2v) is 11.2. The van der Waals surface area contributed by atoms with Crippen LogP contribution in [0.25, 0.3) is 0 Å². The van der Waals surface area contributed by atoms with Gasteiger partial charge in [0.1, 0.15) is 17.1 Å². The average Bonchev–Trinajstić information content (AvgIpc) is 3.32. The fourth-order valence-corrected chi connectivity index (χ4v) is 7.31. The van der Waals surface area contributed by atoms with E-state index in [0.29, 0.717) is 35.9 Å². The highest BCUT2D eigenvalue weighted by atomic mass is 32.2. The third-order valence-corrected chi connectivity index (χ3v) is 9.09. The van der Waals surface area contributed by atoms with E-state index in [4.69, 9.17) is 0 Å². The van der Waals surface area contributed by atoms with Gasteiger partial charge in [-0.15, -0.1) is 11.3 Å². The zero-order valence-corrected chi connectivity index (χ0v) is 18.8. The molecule has 1 fully saturated rings. The molecule has 0 unspecified atom stereocenters. The summed E-state index contributed by atoms with van der Waals surface area (Å²) in [4.78, 5) is 14.4. The van der Waals surface area contributed by atoms with Crippen LogP contribution >= 0.6 is 11.3 Å². The summed E-state index contributed by atoms with van der Waals surface area (Å²) in [6, 6.07) is 8.17. The van der Waals surface area contributed by atoms with Gasteiger partial charge in [0.2, 0.25) is 15.9 Å². The zero-order valence-electron chi connectivity index (χ0n) is 17.1. The van der Waals surface area contributed by atoms with Crippen LogP contribution in [-0.4, -0.2) is 31.2 Å². The number of aryl methyl sites for hydroxylation is 1. The van der Waals surface area contributed by atoms with Crippen molar-refractivity contribution in [3.8, 4) is 6.07 Å². The molecule has 0 bridgehead atoms. The standard InChI is InChI=1S/C22H25N3O3S2/c1-14-5-8-16(9-6-14)30(27,28)25-11-3-4-19(25)21(26)24-22-18(13-23)17-10-7-15(2)12-20(17)29-22/h5-6,8-9,15,19H,3-4,7,10-12H2,1-2H3,(H,24,26)/t15-,19+/m0/s1. The predicted octanol–water partition coefficient (Wildman–Crippen LogP) is 3.84. The molecule has 2 heterocycles. The van der Waals surface area contributed by atoms with E-state index in [9.17, 15) is 18.5 Å². The number of carbonyl (C=O) groups is 1. The van der Waals surface area contributed by atoms with Gasteiger partial charge in [0.15, 0.2) is 0 Å². The van der Waals surface area contributed by atoms with Crippen molar-refractivity contribution in [1.82, 2.24) is 4.31 Å². The van der Waals surface area contributed by atoms with Crippen molar-refractivity contribution in [3.63, 3.8) is 0 Å². The minimum atomic E-state index is -3.76. The molecule has 1 N–H and O–H groups in total. The number of carbonyl (C=O) groups excluding carboxylic acids is 1. The summed E-state index contributed by atoms with van der Waals surface area (Å²) >= 11 is 1.46. The summed E-state index contributed by atoms with van der Waals surface area (Å²) in [7, 11) is -3.76. The molecule has 6 nitrogen and oxygen atoms in total. The zero-order chi connectivity index (χ0) is 21.5. The van der Waals surface area contributed by atoms with E-state index >= 15 is 0 Å². The van der Waals surface area contributed by atoms with Crippen LogP contribution in [0.2, 0.25) is 0 Å². The highest BCUT2D eigenvalue weighted by Gasteiger charge is 2.40. The lowest BCUT2D eigenvalue weighted by molar-refractivity contribution is -0.119. The number of amides is 1. The maximum Gasteiger partial charge on any atom is 0.243 e. The Kier molecular flexibility index (Phi) is 5.71. The highest BCUT2D eigenvalue weighted by Crippen LogP contribution is 2.39. The molecule has 1 amide bonds. The second-order valence-electron chi connectivity index (χ2n) is 8.24. The van der Waals surface area contributed by atoms with Crippen LogP contribution in [0, 0.1) is 24.2 Å². The molecule has 0 spiro atoms. The number of nitrogens with one attached hydrogen (secondary N) is 1. The molecule has 2 atom stereocenters. The predicted molar refractivity (Wildman–Crippen MR) is 117 cm³/mol. The number of sulfonamides is 1. The van der Waals surface area contributed by atoms with Crippen LogP contribution in [0.1, 0.15) is 47.8 Å². The van der Waals surface area contributed by atoms with Crippen molar-refractivity contribution in [2.45, 2.75) is 56.9 Å². The van der Waals surface area contributed by atoms with Crippen molar-refractivity contribution in [2.24, 2.45) is 5.92 Å². The van der Waals surface area contributed by atoms with Crippen LogP contribution in [0.15, 0.2) is 29.2 Å². The molecule has 0 saturated carbocycles. The second kappa shape index (κ2) is 8.14. The van der Waals surface area contributed by atoms with Gasteiger partial charge < -0.3 is 5.32 Å². The van der Waals surface area contributed by atoms with Crippen LogP contribution in [0.5, 0.6) is 0 Å². The van der Waals surface area contributed by atoms with Crippen LogP contribution in [-0.2, 0) is 27.7 Å². The number of thiophene rings is 1. The molecule has 8 heteroatoms. The fraction of sp³-hybridized carbons (Fsp3) is 0.455. The van der Waals surface area contributed by atoms with Gasteiger partial charge >= 0.3 is 0 Å². The van der Waals surface area contributed by atoms with E-state index < -0.39 is 16.1 Å². The molecule has 30 heavy (non-hydrogen) atoms. The summed E-state index contributed by atoms with van der Waals surface area (Å²) in [5.74, 6) is 0.211. The fourth-order valence-electron chi connectivity index (χ4n) is 4.29. The first-order valence-corrected chi connectivity index (χ1v) is 12.5.